The van der Waals surface area contributed by atoms with Gasteiger partial charge in [0.1, 0.15) is 11.6 Å². The number of aromatic nitrogens is 1. The zero-order chi connectivity index (χ0) is 23.3. The Morgan fingerprint density at radius 3 is 2.45 bits per heavy atom. The third kappa shape index (κ3) is 3.78. The number of hydrogen-bond acceptors (Lipinski definition) is 5. The van der Waals surface area contributed by atoms with Gasteiger partial charge in [-0.3, -0.25) is 14.5 Å². The van der Waals surface area contributed by atoms with Gasteiger partial charge in [-0.1, -0.05) is 46.7 Å². The number of amides is 1. The zero-order valence-electron chi connectivity index (χ0n) is 16.6. The number of rotatable bonds is 3. The summed E-state index contributed by atoms with van der Waals surface area (Å²) >= 11 is 13.5. The van der Waals surface area contributed by atoms with Crippen LogP contribution in [0, 0.1) is 5.82 Å². The largest absolute Gasteiger partial charge is 0.507 e. The Morgan fingerprint density at radius 1 is 1.00 bits per heavy atom. The molecule has 4 aromatic rings. The van der Waals surface area contributed by atoms with Crippen molar-refractivity contribution in [2.45, 2.75) is 6.04 Å². The topological polar surface area (TPSA) is 70.5 Å². The van der Waals surface area contributed by atoms with E-state index >= 15 is 0 Å². The van der Waals surface area contributed by atoms with Gasteiger partial charge in [-0.15, -0.1) is 0 Å². The summed E-state index contributed by atoms with van der Waals surface area (Å²) < 4.78 is 14.1. The lowest BCUT2D eigenvalue weighted by molar-refractivity contribution is -0.132. The van der Waals surface area contributed by atoms with E-state index in [-0.39, 0.29) is 16.3 Å². The van der Waals surface area contributed by atoms with E-state index in [1.807, 2.05) is 0 Å². The molecule has 164 valence electrons. The summed E-state index contributed by atoms with van der Waals surface area (Å²) in [6.07, 6.45) is 0. The van der Waals surface area contributed by atoms with Crippen molar-refractivity contribution < 1.29 is 19.1 Å². The van der Waals surface area contributed by atoms with Crippen LogP contribution in [0.1, 0.15) is 17.2 Å². The molecular formula is C24H13Cl2FN2O3S. The van der Waals surface area contributed by atoms with Crippen molar-refractivity contribution in [3.63, 3.8) is 0 Å². The highest BCUT2D eigenvalue weighted by Crippen LogP contribution is 2.44. The maximum atomic E-state index is 13.4. The number of aliphatic hydroxyl groups is 1. The molecule has 1 fully saturated rings. The number of Topliss-reactive ketones (excluding diaryl/α,β-unsaturated/α-hetero) is 1. The molecule has 1 saturated heterocycles. The quantitative estimate of drug-likeness (QED) is 0.202. The van der Waals surface area contributed by atoms with E-state index in [0.717, 1.165) is 16.8 Å². The van der Waals surface area contributed by atoms with Crippen LogP contribution in [0.2, 0.25) is 10.0 Å². The maximum Gasteiger partial charge on any atom is 0.301 e. The Bertz CT molecular complexity index is 1470. The fourth-order valence-corrected chi connectivity index (χ4v) is 5.24. The van der Waals surface area contributed by atoms with Crippen LogP contribution in [-0.4, -0.2) is 21.8 Å². The molecule has 0 spiro atoms. The first kappa shape index (κ1) is 21.6. The van der Waals surface area contributed by atoms with Gasteiger partial charge in [0.25, 0.3) is 5.78 Å². The Balaban J connectivity index is 1.74. The van der Waals surface area contributed by atoms with Crippen molar-refractivity contribution in [3.05, 3.63) is 99.3 Å². The number of nitrogens with zero attached hydrogens (tertiary/aromatic N) is 2. The van der Waals surface area contributed by atoms with Crippen LogP contribution < -0.4 is 4.90 Å². The second-order valence-corrected chi connectivity index (χ2v) is 9.22. The van der Waals surface area contributed by atoms with Gasteiger partial charge in [0.2, 0.25) is 0 Å². The molecule has 1 aliphatic heterocycles. The van der Waals surface area contributed by atoms with E-state index in [1.165, 1.54) is 28.4 Å². The van der Waals surface area contributed by atoms with Gasteiger partial charge in [0.15, 0.2) is 5.13 Å². The van der Waals surface area contributed by atoms with E-state index in [9.17, 15) is 19.1 Å². The van der Waals surface area contributed by atoms with Gasteiger partial charge in [-0.25, -0.2) is 9.37 Å². The van der Waals surface area contributed by atoms with Crippen LogP contribution in [-0.2, 0) is 9.59 Å². The SMILES string of the molecule is O=C1C(=O)N(c2nc3ccc(Cl)cc3s2)C(c2cccc(Cl)c2)C1=C(O)c1ccc(F)cc1. The molecule has 1 unspecified atom stereocenters. The minimum absolute atomic E-state index is 0.133. The molecule has 0 bridgehead atoms. The summed E-state index contributed by atoms with van der Waals surface area (Å²) in [5.74, 6) is -2.62. The van der Waals surface area contributed by atoms with Crippen molar-refractivity contribution in [3.8, 4) is 0 Å². The fraction of sp³-hybridized carbons (Fsp3) is 0.0417. The normalized spacial score (nSPS) is 17.8. The molecule has 5 nitrogen and oxygen atoms in total. The number of aliphatic hydroxyl groups excluding tert-OH is 1. The molecule has 1 aromatic heterocycles. The van der Waals surface area contributed by atoms with Crippen molar-refractivity contribution in [2.24, 2.45) is 0 Å². The summed E-state index contributed by atoms with van der Waals surface area (Å²) in [5.41, 5.74) is 1.20. The Morgan fingerprint density at radius 2 is 1.73 bits per heavy atom. The molecule has 1 N–H and O–H groups in total. The number of thiazole rings is 1. The molecule has 1 aliphatic rings. The molecular weight excluding hydrogens is 486 g/mol. The Kier molecular flexibility index (Phi) is 5.40. The number of carbonyl (C=O) groups excluding carboxylic acids is 2. The van der Waals surface area contributed by atoms with Gasteiger partial charge >= 0.3 is 5.91 Å². The van der Waals surface area contributed by atoms with Crippen LogP contribution in [0.5, 0.6) is 0 Å². The van der Waals surface area contributed by atoms with Crippen LogP contribution in [0.15, 0.2) is 72.3 Å². The highest BCUT2D eigenvalue weighted by atomic mass is 35.5. The number of ketones is 1. The lowest BCUT2D eigenvalue weighted by Gasteiger charge is -2.23. The molecule has 5 rings (SSSR count). The average Bonchev–Trinajstić information content (AvgIpc) is 3.32. The highest BCUT2D eigenvalue weighted by Gasteiger charge is 2.48. The van der Waals surface area contributed by atoms with E-state index < -0.39 is 29.3 Å². The van der Waals surface area contributed by atoms with Gasteiger partial charge in [-0.05, 0) is 60.2 Å². The van der Waals surface area contributed by atoms with E-state index in [0.29, 0.717) is 21.1 Å². The predicted octanol–water partition coefficient (Wildman–Crippen LogP) is 6.37. The molecule has 2 heterocycles. The lowest BCUT2D eigenvalue weighted by Crippen LogP contribution is -2.29. The minimum atomic E-state index is -0.982. The number of halogens is 3. The van der Waals surface area contributed by atoms with Crippen molar-refractivity contribution in [1.82, 2.24) is 4.98 Å². The number of anilines is 1. The first-order valence-corrected chi connectivity index (χ1v) is 11.3. The van der Waals surface area contributed by atoms with E-state index in [1.54, 1.807) is 42.5 Å². The van der Waals surface area contributed by atoms with Crippen molar-refractivity contribution in [2.75, 3.05) is 4.90 Å². The standard InChI is InChI=1S/C24H13Cl2FN2O3S/c25-14-3-1-2-13(10-14)20-19(21(30)12-4-7-16(27)8-5-12)22(31)23(32)29(20)24-28-17-9-6-15(26)11-18(17)33-24/h1-11,20,30H. The number of fused-ring (bicyclic) bond motifs is 1. The third-order valence-corrected chi connectivity index (χ3v) is 6.76. The monoisotopic (exact) mass is 498 g/mol. The second kappa shape index (κ2) is 8.26. The number of benzene rings is 3. The van der Waals surface area contributed by atoms with E-state index in [4.69, 9.17) is 23.2 Å². The Labute approximate surface area is 201 Å². The molecule has 33 heavy (non-hydrogen) atoms. The van der Waals surface area contributed by atoms with Gasteiger partial charge < -0.3 is 5.11 Å². The van der Waals surface area contributed by atoms with Crippen LogP contribution in [0.3, 0.4) is 0 Å². The van der Waals surface area contributed by atoms with Crippen LogP contribution in [0.4, 0.5) is 9.52 Å². The minimum Gasteiger partial charge on any atom is -0.507 e. The molecule has 0 radical (unpaired) electrons. The molecule has 9 heteroatoms. The molecule has 1 atom stereocenters. The zero-order valence-corrected chi connectivity index (χ0v) is 19.0. The molecule has 0 saturated carbocycles. The maximum absolute atomic E-state index is 13.4. The summed E-state index contributed by atoms with van der Waals surface area (Å²) in [6.45, 7) is 0. The predicted molar refractivity (Wildman–Crippen MR) is 127 cm³/mol. The summed E-state index contributed by atoms with van der Waals surface area (Å²) in [7, 11) is 0. The average molecular weight is 499 g/mol. The summed E-state index contributed by atoms with van der Waals surface area (Å²) in [6, 6.07) is 15.8. The smallest absolute Gasteiger partial charge is 0.301 e. The lowest BCUT2D eigenvalue weighted by atomic mass is 9.95. The van der Waals surface area contributed by atoms with Crippen LogP contribution in [0.25, 0.3) is 16.0 Å². The fourth-order valence-electron chi connectivity index (χ4n) is 3.77. The van der Waals surface area contributed by atoms with Crippen LogP contribution >= 0.6 is 34.5 Å². The van der Waals surface area contributed by atoms with E-state index in [2.05, 4.69) is 4.98 Å². The molecule has 1 amide bonds. The summed E-state index contributed by atoms with van der Waals surface area (Å²) in [5, 5.41) is 12.2. The van der Waals surface area contributed by atoms with Crippen molar-refractivity contribution >= 4 is 67.3 Å². The third-order valence-electron chi connectivity index (χ3n) is 5.27. The van der Waals surface area contributed by atoms with Gasteiger partial charge in [0, 0.05) is 15.6 Å². The van der Waals surface area contributed by atoms with Gasteiger partial charge in [0.05, 0.1) is 21.8 Å². The second-order valence-electron chi connectivity index (χ2n) is 7.34. The Hall–Kier alpha value is -3.26. The first-order valence-electron chi connectivity index (χ1n) is 9.72. The number of carbonyl (C=O) groups is 2. The number of hydrogen-bond donors (Lipinski definition) is 1. The van der Waals surface area contributed by atoms with Crippen molar-refractivity contribution in [1.29, 1.82) is 0 Å². The highest BCUT2D eigenvalue weighted by molar-refractivity contribution is 7.22. The summed E-state index contributed by atoms with van der Waals surface area (Å²) in [4.78, 5) is 32.1. The molecule has 3 aromatic carbocycles. The first-order chi connectivity index (χ1) is 15.8. The van der Waals surface area contributed by atoms with Gasteiger partial charge in [-0.2, -0.15) is 0 Å². The molecule has 0 aliphatic carbocycles.